The number of nitrogens with zero attached hydrogens (tertiary/aromatic N) is 2. The Morgan fingerprint density at radius 3 is 2.29 bits per heavy atom. The minimum Gasteiger partial charge on any atom is -0.381 e. The third kappa shape index (κ3) is 3.73. The summed E-state index contributed by atoms with van der Waals surface area (Å²) in [5, 5.41) is 9.12. The monoisotopic (exact) mass is 406 g/mol. The third-order valence-electron chi connectivity index (χ3n) is 5.35. The Morgan fingerprint density at radius 2 is 1.58 bits per heavy atom. The molecule has 0 aliphatic carbocycles. The second-order valence-corrected chi connectivity index (χ2v) is 7.57. The molecular formula is C26H22N4O. The van der Waals surface area contributed by atoms with Gasteiger partial charge < -0.3 is 10.3 Å². The van der Waals surface area contributed by atoms with Crippen molar-refractivity contribution < 1.29 is 0 Å². The van der Waals surface area contributed by atoms with Crippen molar-refractivity contribution in [1.82, 2.24) is 14.8 Å². The summed E-state index contributed by atoms with van der Waals surface area (Å²) >= 11 is 0. The molecule has 0 aliphatic heterocycles. The molecule has 5 heteroatoms. The minimum absolute atomic E-state index is 0.122. The highest BCUT2D eigenvalue weighted by molar-refractivity contribution is 5.92. The normalized spacial score (nSPS) is 11.0. The first kappa shape index (κ1) is 18.9. The first-order valence-electron chi connectivity index (χ1n) is 10.3. The molecule has 0 amide bonds. The Bertz CT molecular complexity index is 1390. The molecule has 5 aromatic rings. The number of pyridine rings is 1. The molecule has 0 aliphatic rings. The van der Waals surface area contributed by atoms with E-state index in [1.54, 1.807) is 4.68 Å². The van der Waals surface area contributed by atoms with Gasteiger partial charge in [0.25, 0.3) is 5.56 Å². The molecule has 0 bridgehead atoms. The number of rotatable bonds is 5. The average molecular weight is 406 g/mol. The van der Waals surface area contributed by atoms with Crippen molar-refractivity contribution in [1.29, 1.82) is 0 Å². The van der Waals surface area contributed by atoms with Crippen molar-refractivity contribution in [2.75, 3.05) is 5.32 Å². The van der Waals surface area contributed by atoms with Crippen LogP contribution in [0.3, 0.4) is 0 Å². The van der Waals surface area contributed by atoms with Crippen LogP contribution in [0, 0.1) is 6.92 Å². The van der Waals surface area contributed by atoms with Gasteiger partial charge in [0.05, 0.1) is 5.69 Å². The van der Waals surface area contributed by atoms with E-state index in [1.807, 2.05) is 66.7 Å². The van der Waals surface area contributed by atoms with Crippen LogP contribution in [0.25, 0.3) is 28.0 Å². The molecule has 0 unspecified atom stereocenters. The molecule has 5 nitrogen and oxygen atoms in total. The summed E-state index contributed by atoms with van der Waals surface area (Å²) in [6, 6.07) is 30.0. The van der Waals surface area contributed by atoms with Gasteiger partial charge in [-0.2, -0.15) is 5.10 Å². The van der Waals surface area contributed by atoms with E-state index in [-0.39, 0.29) is 5.56 Å². The van der Waals surface area contributed by atoms with E-state index >= 15 is 0 Å². The highest BCUT2D eigenvalue weighted by atomic mass is 16.1. The maximum Gasteiger partial charge on any atom is 0.254 e. The first-order chi connectivity index (χ1) is 15.2. The summed E-state index contributed by atoms with van der Waals surface area (Å²) in [7, 11) is 0. The molecule has 3 aromatic carbocycles. The maximum absolute atomic E-state index is 12.9. The van der Waals surface area contributed by atoms with Gasteiger partial charge in [0.1, 0.15) is 11.3 Å². The fourth-order valence-electron chi connectivity index (χ4n) is 3.68. The Morgan fingerprint density at radius 1 is 0.903 bits per heavy atom. The molecule has 5 rings (SSSR count). The SMILES string of the molecule is Cc1ccc(-c2nn(-c3ccccc3)c3[nH]c(=O)c(CNc4ccccc4)cc23)cc1. The second-order valence-electron chi connectivity index (χ2n) is 7.57. The van der Waals surface area contributed by atoms with Gasteiger partial charge in [-0.1, -0.05) is 66.2 Å². The molecule has 31 heavy (non-hydrogen) atoms. The zero-order chi connectivity index (χ0) is 21.2. The predicted molar refractivity (Wildman–Crippen MR) is 126 cm³/mol. The molecule has 0 spiro atoms. The summed E-state index contributed by atoms with van der Waals surface area (Å²) in [6.07, 6.45) is 0. The first-order valence-corrected chi connectivity index (χ1v) is 10.3. The Hall–Kier alpha value is -4.12. The van der Waals surface area contributed by atoms with E-state index in [0.29, 0.717) is 17.8 Å². The maximum atomic E-state index is 12.9. The molecule has 2 heterocycles. The molecule has 0 saturated carbocycles. The average Bonchev–Trinajstić information content (AvgIpc) is 3.17. The van der Waals surface area contributed by atoms with E-state index in [4.69, 9.17) is 5.10 Å². The van der Waals surface area contributed by atoms with Crippen molar-refractivity contribution >= 4 is 16.7 Å². The lowest BCUT2D eigenvalue weighted by Crippen LogP contribution is -2.16. The van der Waals surface area contributed by atoms with E-state index in [0.717, 1.165) is 28.0 Å². The molecule has 2 aromatic heterocycles. The van der Waals surface area contributed by atoms with Crippen LogP contribution in [0.4, 0.5) is 5.69 Å². The van der Waals surface area contributed by atoms with Crippen LogP contribution >= 0.6 is 0 Å². The van der Waals surface area contributed by atoms with Crippen LogP contribution in [0.15, 0.2) is 95.8 Å². The van der Waals surface area contributed by atoms with Gasteiger partial charge in [-0.3, -0.25) is 4.79 Å². The van der Waals surface area contributed by atoms with E-state index < -0.39 is 0 Å². The lowest BCUT2D eigenvalue weighted by Gasteiger charge is -2.07. The molecule has 0 radical (unpaired) electrons. The van der Waals surface area contributed by atoms with Gasteiger partial charge in [-0.05, 0) is 37.3 Å². The number of benzene rings is 3. The molecular weight excluding hydrogens is 384 g/mol. The fourth-order valence-corrected chi connectivity index (χ4v) is 3.68. The van der Waals surface area contributed by atoms with Crippen LogP contribution in [0.1, 0.15) is 11.1 Å². The number of hydrogen-bond acceptors (Lipinski definition) is 3. The number of aromatic amines is 1. The molecule has 152 valence electrons. The zero-order valence-electron chi connectivity index (χ0n) is 17.2. The Kier molecular flexibility index (Phi) is 4.84. The fraction of sp³-hybridized carbons (Fsp3) is 0.0769. The predicted octanol–water partition coefficient (Wildman–Crippen LogP) is 5.30. The minimum atomic E-state index is -0.122. The number of H-pyrrole nitrogens is 1. The lowest BCUT2D eigenvalue weighted by molar-refractivity contribution is 0.896. The summed E-state index contributed by atoms with van der Waals surface area (Å²) in [5.74, 6) is 0. The molecule has 0 atom stereocenters. The van der Waals surface area contributed by atoms with Crippen molar-refractivity contribution in [3.63, 3.8) is 0 Å². The van der Waals surface area contributed by atoms with Gasteiger partial charge in [0.15, 0.2) is 0 Å². The molecule has 0 saturated heterocycles. The lowest BCUT2D eigenvalue weighted by atomic mass is 10.1. The highest BCUT2D eigenvalue weighted by Crippen LogP contribution is 2.29. The number of nitrogens with one attached hydrogen (secondary N) is 2. The van der Waals surface area contributed by atoms with Gasteiger partial charge in [0.2, 0.25) is 0 Å². The number of aryl methyl sites for hydroxylation is 1. The summed E-state index contributed by atoms with van der Waals surface area (Å²) in [4.78, 5) is 16.0. The van der Waals surface area contributed by atoms with Crippen molar-refractivity contribution in [2.24, 2.45) is 0 Å². The Balaban J connectivity index is 1.65. The van der Waals surface area contributed by atoms with Gasteiger partial charge in [0, 0.05) is 28.7 Å². The van der Waals surface area contributed by atoms with E-state index in [9.17, 15) is 4.79 Å². The largest absolute Gasteiger partial charge is 0.381 e. The quantitative estimate of drug-likeness (QED) is 0.416. The summed E-state index contributed by atoms with van der Waals surface area (Å²) in [6.45, 7) is 2.49. The summed E-state index contributed by atoms with van der Waals surface area (Å²) in [5.41, 5.74) is 6.15. The smallest absolute Gasteiger partial charge is 0.254 e. The van der Waals surface area contributed by atoms with Gasteiger partial charge in [-0.25, -0.2) is 4.68 Å². The van der Waals surface area contributed by atoms with Gasteiger partial charge >= 0.3 is 0 Å². The second kappa shape index (κ2) is 7.95. The topological polar surface area (TPSA) is 62.7 Å². The van der Waals surface area contributed by atoms with Crippen LogP contribution in [0.5, 0.6) is 0 Å². The number of aromatic nitrogens is 3. The van der Waals surface area contributed by atoms with Crippen molar-refractivity contribution in [3.8, 4) is 16.9 Å². The number of anilines is 1. The van der Waals surface area contributed by atoms with Gasteiger partial charge in [-0.15, -0.1) is 0 Å². The van der Waals surface area contributed by atoms with Crippen LogP contribution in [0.2, 0.25) is 0 Å². The molecule has 2 N–H and O–H groups in total. The van der Waals surface area contributed by atoms with Crippen LogP contribution < -0.4 is 10.9 Å². The highest BCUT2D eigenvalue weighted by Gasteiger charge is 2.16. The van der Waals surface area contributed by atoms with Crippen LogP contribution in [-0.4, -0.2) is 14.8 Å². The Labute approximate surface area is 180 Å². The number of hydrogen-bond donors (Lipinski definition) is 2. The number of fused-ring (bicyclic) bond motifs is 1. The van der Waals surface area contributed by atoms with Crippen molar-refractivity contribution in [2.45, 2.75) is 13.5 Å². The third-order valence-corrected chi connectivity index (χ3v) is 5.35. The van der Waals surface area contributed by atoms with Crippen LogP contribution in [-0.2, 0) is 6.54 Å². The van der Waals surface area contributed by atoms with Crippen molar-refractivity contribution in [3.05, 3.63) is 112 Å². The standard InChI is InChI=1S/C26H22N4O/c1-18-12-14-19(15-13-18)24-23-16-20(17-27-21-8-4-2-5-9-21)26(31)28-25(23)30(29-24)22-10-6-3-7-11-22/h2-16,27H,17H2,1H3,(H,28,31). The molecule has 0 fully saturated rings. The van der Waals surface area contributed by atoms with E-state index in [1.165, 1.54) is 5.56 Å². The van der Waals surface area contributed by atoms with E-state index in [2.05, 4.69) is 41.5 Å². The number of para-hydroxylation sites is 2. The zero-order valence-corrected chi connectivity index (χ0v) is 17.2. The summed E-state index contributed by atoms with van der Waals surface area (Å²) < 4.78 is 1.81.